The van der Waals surface area contributed by atoms with E-state index in [1.807, 2.05) is 0 Å². The van der Waals surface area contributed by atoms with Gasteiger partial charge in [-0.25, -0.2) is 8.42 Å². The molecule has 2 rings (SSSR count). The van der Waals surface area contributed by atoms with Crippen LogP contribution in [0.3, 0.4) is 0 Å². The lowest BCUT2D eigenvalue weighted by Gasteiger charge is -2.25. The molecular formula is C10H19NO3S. The van der Waals surface area contributed by atoms with Crippen molar-refractivity contribution in [3.05, 3.63) is 0 Å². The number of ether oxygens (including phenoxy) is 1. The van der Waals surface area contributed by atoms with Crippen LogP contribution < -0.4 is 5.32 Å². The molecule has 0 radical (unpaired) electrons. The highest BCUT2D eigenvalue weighted by molar-refractivity contribution is 7.91. The second-order valence-electron chi connectivity index (χ2n) is 4.48. The Labute approximate surface area is 91.3 Å². The van der Waals surface area contributed by atoms with Gasteiger partial charge < -0.3 is 10.1 Å². The Morgan fingerprint density at radius 2 is 2.07 bits per heavy atom. The molecule has 2 aliphatic rings. The van der Waals surface area contributed by atoms with Crippen LogP contribution in [0.1, 0.15) is 25.7 Å². The molecule has 0 bridgehead atoms. The van der Waals surface area contributed by atoms with Crippen LogP contribution in [0, 0.1) is 0 Å². The molecule has 4 nitrogen and oxygen atoms in total. The molecule has 0 aromatic heterocycles. The summed E-state index contributed by atoms with van der Waals surface area (Å²) in [5, 5.41) is 3.24. The lowest BCUT2D eigenvalue weighted by atomic mass is 9.96. The highest BCUT2D eigenvalue weighted by atomic mass is 32.2. The zero-order valence-corrected chi connectivity index (χ0v) is 9.76. The van der Waals surface area contributed by atoms with Crippen molar-refractivity contribution in [1.82, 2.24) is 5.32 Å². The van der Waals surface area contributed by atoms with E-state index in [-0.39, 0.29) is 6.04 Å². The molecule has 2 fully saturated rings. The maximum Gasteiger partial charge on any atom is 0.151 e. The molecule has 1 aliphatic carbocycles. The minimum Gasteiger partial charge on any atom is -0.377 e. The van der Waals surface area contributed by atoms with Gasteiger partial charge in [0.25, 0.3) is 0 Å². The summed E-state index contributed by atoms with van der Waals surface area (Å²) in [5.41, 5.74) is 0. The molecule has 1 saturated carbocycles. The number of nitrogens with one attached hydrogen (secondary N) is 1. The molecule has 1 saturated heterocycles. The first kappa shape index (κ1) is 11.4. The summed E-state index contributed by atoms with van der Waals surface area (Å²) in [6.07, 6.45) is 4.90. The largest absolute Gasteiger partial charge is 0.377 e. The summed E-state index contributed by atoms with van der Waals surface area (Å²) < 4.78 is 27.9. The van der Waals surface area contributed by atoms with E-state index >= 15 is 0 Å². The van der Waals surface area contributed by atoms with E-state index in [0.717, 1.165) is 13.0 Å². The van der Waals surface area contributed by atoms with E-state index in [1.54, 1.807) is 0 Å². The molecule has 5 heteroatoms. The maximum absolute atomic E-state index is 11.2. The fourth-order valence-electron chi connectivity index (χ4n) is 1.98. The van der Waals surface area contributed by atoms with Gasteiger partial charge in [-0.2, -0.15) is 0 Å². The van der Waals surface area contributed by atoms with Crippen LogP contribution in [0.2, 0.25) is 0 Å². The molecule has 0 aromatic carbocycles. The third-order valence-electron chi connectivity index (χ3n) is 3.17. The van der Waals surface area contributed by atoms with E-state index in [1.165, 1.54) is 19.3 Å². The minimum absolute atomic E-state index is 0.153. The number of hydrogen-bond acceptors (Lipinski definition) is 4. The highest BCUT2D eigenvalue weighted by Crippen LogP contribution is 2.21. The first-order valence-electron chi connectivity index (χ1n) is 5.71. The second-order valence-corrected chi connectivity index (χ2v) is 6.71. The fourth-order valence-corrected chi connectivity index (χ4v) is 3.69. The van der Waals surface area contributed by atoms with Gasteiger partial charge in [0.1, 0.15) is 0 Å². The van der Waals surface area contributed by atoms with E-state index in [0.29, 0.717) is 24.2 Å². The smallest absolute Gasteiger partial charge is 0.151 e. The van der Waals surface area contributed by atoms with Gasteiger partial charge in [0, 0.05) is 12.6 Å². The van der Waals surface area contributed by atoms with Crippen LogP contribution in [0.15, 0.2) is 0 Å². The lowest BCUT2D eigenvalue weighted by molar-refractivity contribution is 0.00371. The summed E-state index contributed by atoms with van der Waals surface area (Å²) in [4.78, 5) is 0. The molecule has 88 valence electrons. The quantitative estimate of drug-likeness (QED) is 0.695. The number of rotatable bonds is 5. The predicted molar refractivity (Wildman–Crippen MR) is 58.7 cm³/mol. The Balaban J connectivity index is 1.54. The van der Waals surface area contributed by atoms with Crippen LogP contribution in [0.4, 0.5) is 0 Å². The predicted octanol–water partition coefficient (Wildman–Crippen LogP) is 0.332. The second kappa shape index (κ2) is 4.80. The van der Waals surface area contributed by atoms with Gasteiger partial charge in [-0.1, -0.05) is 0 Å². The Morgan fingerprint density at radius 1 is 1.27 bits per heavy atom. The SMILES string of the molecule is O=S1(=O)CCC(NCCOC2CCC2)C1. The monoisotopic (exact) mass is 233 g/mol. The van der Waals surface area contributed by atoms with E-state index in [2.05, 4.69) is 5.32 Å². The van der Waals surface area contributed by atoms with E-state index in [4.69, 9.17) is 4.74 Å². The molecule has 1 atom stereocenters. The molecule has 1 heterocycles. The maximum atomic E-state index is 11.2. The van der Waals surface area contributed by atoms with Crippen LogP contribution in [0.5, 0.6) is 0 Å². The van der Waals surface area contributed by atoms with Crippen molar-refractivity contribution in [2.75, 3.05) is 24.7 Å². The molecule has 1 N–H and O–H groups in total. The van der Waals surface area contributed by atoms with Gasteiger partial charge >= 0.3 is 0 Å². The summed E-state index contributed by atoms with van der Waals surface area (Å²) in [6, 6.07) is 0.153. The van der Waals surface area contributed by atoms with Crippen LogP contribution >= 0.6 is 0 Å². The third kappa shape index (κ3) is 3.43. The highest BCUT2D eigenvalue weighted by Gasteiger charge is 2.27. The van der Waals surface area contributed by atoms with Gasteiger partial charge in [0.15, 0.2) is 9.84 Å². The Kier molecular flexibility index (Phi) is 3.64. The standard InChI is InChI=1S/C10H19NO3S/c12-15(13)7-4-9(8-15)11-5-6-14-10-2-1-3-10/h9-11H,1-8H2. The Bertz CT molecular complexity index is 298. The zero-order valence-electron chi connectivity index (χ0n) is 8.94. The molecule has 0 aromatic rings. The lowest BCUT2D eigenvalue weighted by Crippen LogP contribution is -2.34. The molecule has 0 spiro atoms. The van der Waals surface area contributed by atoms with Gasteiger partial charge in [0.05, 0.1) is 24.2 Å². The molecule has 0 amide bonds. The first-order valence-corrected chi connectivity index (χ1v) is 7.53. The van der Waals surface area contributed by atoms with Crippen molar-refractivity contribution in [3.63, 3.8) is 0 Å². The van der Waals surface area contributed by atoms with Gasteiger partial charge in [-0.3, -0.25) is 0 Å². The Hall–Kier alpha value is -0.130. The minimum atomic E-state index is -2.75. The molecule has 1 unspecified atom stereocenters. The average molecular weight is 233 g/mol. The molecule has 1 aliphatic heterocycles. The summed E-state index contributed by atoms with van der Waals surface area (Å²) in [6.45, 7) is 1.48. The van der Waals surface area contributed by atoms with Crippen LogP contribution in [0.25, 0.3) is 0 Å². The summed E-state index contributed by atoms with van der Waals surface area (Å²) >= 11 is 0. The van der Waals surface area contributed by atoms with Crippen molar-refractivity contribution >= 4 is 9.84 Å². The summed E-state index contributed by atoms with van der Waals surface area (Å²) in [5.74, 6) is 0.643. The van der Waals surface area contributed by atoms with Crippen molar-refractivity contribution in [2.45, 2.75) is 37.8 Å². The van der Waals surface area contributed by atoms with Gasteiger partial charge in [-0.15, -0.1) is 0 Å². The zero-order chi connectivity index (χ0) is 10.7. The van der Waals surface area contributed by atoms with Crippen LogP contribution in [-0.2, 0) is 14.6 Å². The van der Waals surface area contributed by atoms with Crippen molar-refractivity contribution in [1.29, 1.82) is 0 Å². The van der Waals surface area contributed by atoms with Crippen molar-refractivity contribution < 1.29 is 13.2 Å². The van der Waals surface area contributed by atoms with Crippen molar-refractivity contribution in [2.24, 2.45) is 0 Å². The first-order chi connectivity index (χ1) is 7.16. The topological polar surface area (TPSA) is 55.4 Å². The number of sulfone groups is 1. The fraction of sp³-hybridized carbons (Fsp3) is 1.00. The number of hydrogen-bond donors (Lipinski definition) is 1. The molecule has 15 heavy (non-hydrogen) atoms. The average Bonchev–Trinajstić information content (AvgIpc) is 2.42. The third-order valence-corrected chi connectivity index (χ3v) is 4.94. The van der Waals surface area contributed by atoms with E-state index in [9.17, 15) is 8.42 Å². The molecular weight excluding hydrogens is 214 g/mol. The normalized spacial score (nSPS) is 30.3. The Morgan fingerprint density at radius 3 is 2.60 bits per heavy atom. The van der Waals surface area contributed by atoms with E-state index < -0.39 is 9.84 Å². The van der Waals surface area contributed by atoms with Gasteiger partial charge in [0.2, 0.25) is 0 Å². The summed E-state index contributed by atoms with van der Waals surface area (Å²) in [7, 11) is -2.75. The van der Waals surface area contributed by atoms with Crippen molar-refractivity contribution in [3.8, 4) is 0 Å². The van der Waals surface area contributed by atoms with Crippen LogP contribution in [-0.4, -0.2) is 45.2 Å². The van der Waals surface area contributed by atoms with Gasteiger partial charge in [-0.05, 0) is 25.7 Å².